The van der Waals surface area contributed by atoms with Crippen molar-refractivity contribution in [3.8, 4) is 11.5 Å². The molecule has 2 aromatic carbocycles. The van der Waals surface area contributed by atoms with Crippen molar-refractivity contribution in [3.63, 3.8) is 0 Å². The number of hydrogen-bond donors (Lipinski definition) is 0. The lowest BCUT2D eigenvalue weighted by Crippen LogP contribution is -2.37. The van der Waals surface area contributed by atoms with Gasteiger partial charge in [0, 0.05) is 31.1 Å². The number of ether oxygens (including phenoxy) is 3. The number of methoxy groups -OCH3 is 2. The monoisotopic (exact) mass is 393 g/mol. The average molecular weight is 393 g/mol. The Balaban J connectivity index is 1.50. The van der Waals surface area contributed by atoms with E-state index >= 15 is 0 Å². The van der Waals surface area contributed by atoms with E-state index in [9.17, 15) is 4.79 Å². The number of rotatable bonds is 7. The summed E-state index contributed by atoms with van der Waals surface area (Å²) in [4.78, 5) is 14.8. The average Bonchev–Trinajstić information content (AvgIpc) is 3.13. The third kappa shape index (κ3) is 4.30. The zero-order chi connectivity index (χ0) is 20.2. The fourth-order valence-corrected chi connectivity index (χ4v) is 4.32. The van der Waals surface area contributed by atoms with Crippen LogP contribution >= 0.6 is 0 Å². The minimum Gasteiger partial charge on any atom is -0.493 e. The number of carbonyl (C=O) groups is 1. The van der Waals surface area contributed by atoms with E-state index in [0.29, 0.717) is 6.61 Å². The minimum atomic E-state index is -0.128. The highest BCUT2D eigenvalue weighted by molar-refractivity contribution is 5.92. The van der Waals surface area contributed by atoms with Gasteiger partial charge in [0.25, 0.3) is 0 Å². The van der Waals surface area contributed by atoms with Crippen LogP contribution in [0.1, 0.15) is 17.5 Å². The molecule has 1 unspecified atom stereocenters. The van der Waals surface area contributed by atoms with Crippen molar-refractivity contribution in [3.05, 3.63) is 70.8 Å². The highest BCUT2D eigenvalue weighted by Crippen LogP contribution is 2.34. The van der Waals surface area contributed by atoms with Crippen molar-refractivity contribution in [2.75, 3.05) is 33.9 Å². The van der Waals surface area contributed by atoms with Gasteiger partial charge in [-0.1, -0.05) is 36.4 Å². The summed E-state index contributed by atoms with van der Waals surface area (Å²) in [6.07, 6.45) is 1.68. The van der Waals surface area contributed by atoms with E-state index in [1.807, 2.05) is 18.2 Å². The van der Waals surface area contributed by atoms with E-state index in [1.54, 1.807) is 14.2 Å². The number of carbonyl (C=O) groups excluding carboxylic acids is 1. The summed E-state index contributed by atoms with van der Waals surface area (Å²) < 4.78 is 16.1. The standard InChI is InChI=1S/C24H27NO4/c1-27-21-11-9-17(12-22(21)28-2)8-10-19-14-25(13-18-6-4-3-5-7-18)15-20-16-29-24(26)23(19)20/h3-7,9,11-12,20H,8,10,13-16H2,1-2H3. The first-order valence-corrected chi connectivity index (χ1v) is 10.0. The molecule has 0 spiro atoms. The fraction of sp³-hybridized carbons (Fsp3) is 0.375. The Hall–Kier alpha value is -2.79. The summed E-state index contributed by atoms with van der Waals surface area (Å²) in [6, 6.07) is 16.5. The molecular formula is C24H27NO4. The number of cyclic esters (lactones) is 1. The van der Waals surface area contributed by atoms with Gasteiger partial charge >= 0.3 is 5.97 Å². The third-order valence-corrected chi connectivity index (χ3v) is 5.73. The van der Waals surface area contributed by atoms with Crippen LogP contribution in [0, 0.1) is 5.92 Å². The normalized spacial score (nSPS) is 19.1. The second-order valence-electron chi connectivity index (χ2n) is 7.66. The lowest BCUT2D eigenvalue weighted by Gasteiger charge is -2.32. The summed E-state index contributed by atoms with van der Waals surface area (Å²) in [7, 11) is 3.28. The zero-order valence-electron chi connectivity index (χ0n) is 17.0. The summed E-state index contributed by atoms with van der Waals surface area (Å²) in [5.41, 5.74) is 4.57. The lowest BCUT2D eigenvalue weighted by molar-refractivity contribution is -0.135. The first kappa shape index (κ1) is 19.5. The first-order valence-electron chi connectivity index (χ1n) is 10.0. The molecule has 4 rings (SSSR count). The van der Waals surface area contributed by atoms with Crippen LogP contribution in [0.3, 0.4) is 0 Å². The number of nitrogens with zero attached hydrogens (tertiary/aromatic N) is 1. The third-order valence-electron chi connectivity index (χ3n) is 5.73. The minimum absolute atomic E-state index is 0.128. The van der Waals surface area contributed by atoms with Crippen LogP contribution in [-0.4, -0.2) is 44.8 Å². The molecule has 2 aliphatic rings. The van der Waals surface area contributed by atoms with Crippen LogP contribution < -0.4 is 9.47 Å². The maximum Gasteiger partial charge on any atom is 0.334 e. The van der Waals surface area contributed by atoms with Crippen LogP contribution in [0.25, 0.3) is 0 Å². The Morgan fingerprint density at radius 2 is 1.79 bits per heavy atom. The molecule has 0 aliphatic carbocycles. The highest BCUT2D eigenvalue weighted by Gasteiger charge is 2.37. The van der Waals surface area contributed by atoms with E-state index in [1.165, 1.54) is 16.7 Å². The Morgan fingerprint density at radius 3 is 2.55 bits per heavy atom. The second-order valence-corrected chi connectivity index (χ2v) is 7.66. The van der Waals surface area contributed by atoms with Gasteiger partial charge in [-0.3, -0.25) is 4.90 Å². The van der Waals surface area contributed by atoms with Crippen molar-refractivity contribution in [2.45, 2.75) is 19.4 Å². The summed E-state index contributed by atoms with van der Waals surface area (Å²) in [6.45, 7) is 3.07. The van der Waals surface area contributed by atoms with Crippen LogP contribution in [0.4, 0.5) is 0 Å². The molecule has 0 bridgehead atoms. The van der Waals surface area contributed by atoms with E-state index in [4.69, 9.17) is 14.2 Å². The molecule has 0 N–H and O–H groups in total. The van der Waals surface area contributed by atoms with Crippen LogP contribution in [0.15, 0.2) is 59.7 Å². The number of fused-ring (bicyclic) bond motifs is 1. The molecule has 2 aliphatic heterocycles. The van der Waals surface area contributed by atoms with Gasteiger partial charge in [0.1, 0.15) is 0 Å². The molecule has 0 amide bonds. The van der Waals surface area contributed by atoms with Gasteiger partial charge in [-0.05, 0) is 41.7 Å². The Labute approximate surface area is 171 Å². The summed E-state index contributed by atoms with van der Waals surface area (Å²) >= 11 is 0. The molecule has 1 fully saturated rings. The first-order chi connectivity index (χ1) is 14.2. The molecule has 0 radical (unpaired) electrons. The fourth-order valence-electron chi connectivity index (χ4n) is 4.32. The molecule has 5 nitrogen and oxygen atoms in total. The number of aryl methyl sites for hydroxylation is 1. The predicted octanol–water partition coefficient (Wildman–Crippen LogP) is 3.62. The van der Waals surface area contributed by atoms with E-state index in [2.05, 4.69) is 35.2 Å². The zero-order valence-corrected chi connectivity index (χ0v) is 17.0. The molecular weight excluding hydrogens is 366 g/mol. The largest absolute Gasteiger partial charge is 0.493 e. The highest BCUT2D eigenvalue weighted by atomic mass is 16.5. The SMILES string of the molecule is COc1ccc(CCC2=C3C(=O)OCC3CN(Cc3ccccc3)C2)cc1OC. The number of hydrogen-bond acceptors (Lipinski definition) is 5. The summed E-state index contributed by atoms with van der Waals surface area (Å²) in [5, 5.41) is 0. The molecule has 5 heteroatoms. The maximum absolute atomic E-state index is 12.3. The van der Waals surface area contributed by atoms with Crippen LogP contribution in [0.5, 0.6) is 11.5 Å². The van der Waals surface area contributed by atoms with Crippen molar-refractivity contribution in [2.24, 2.45) is 5.92 Å². The van der Waals surface area contributed by atoms with Crippen molar-refractivity contribution < 1.29 is 19.0 Å². The van der Waals surface area contributed by atoms with Crippen molar-refractivity contribution >= 4 is 5.97 Å². The van der Waals surface area contributed by atoms with Gasteiger partial charge in [0.15, 0.2) is 11.5 Å². The topological polar surface area (TPSA) is 48.0 Å². The molecule has 0 aromatic heterocycles. The molecule has 29 heavy (non-hydrogen) atoms. The van der Waals surface area contributed by atoms with Crippen LogP contribution in [-0.2, 0) is 22.5 Å². The van der Waals surface area contributed by atoms with Crippen LogP contribution in [0.2, 0.25) is 0 Å². The van der Waals surface area contributed by atoms with Gasteiger partial charge in [0.2, 0.25) is 0 Å². The van der Waals surface area contributed by atoms with Crippen molar-refractivity contribution in [1.82, 2.24) is 4.90 Å². The Bertz CT molecular complexity index is 906. The number of esters is 1. The smallest absolute Gasteiger partial charge is 0.334 e. The molecule has 2 aromatic rings. The van der Waals surface area contributed by atoms with Gasteiger partial charge in [0.05, 0.1) is 20.8 Å². The molecule has 1 saturated heterocycles. The summed E-state index contributed by atoms with van der Waals surface area (Å²) in [5.74, 6) is 1.51. The quantitative estimate of drug-likeness (QED) is 0.673. The lowest BCUT2D eigenvalue weighted by atomic mass is 9.88. The van der Waals surface area contributed by atoms with E-state index < -0.39 is 0 Å². The van der Waals surface area contributed by atoms with E-state index in [-0.39, 0.29) is 11.9 Å². The molecule has 1 atom stereocenters. The Kier molecular flexibility index (Phi) is 5.86. The van der Waals surface area contributed by atoms with E-state index in [0.717, 1.165) is 49.5 Å². The molecule has 152 valence electrons. The van der Waals surface area contributed by atoms with Gasteiger partial charge in [-0.2, -0.15) is 0 Å². The van der Waals surface area contributed by atoms with Gasteiger partial charge < -0.3 is 14.2 Å². The van der Waals surface area contributed by atoms with Gasteiger partial charge in [-0.25, -0.2) is 4.79 Å². The second kappa shape index (κ2) is 8.70. The van der Waals surface area contributed by atoms with Gasteiger partial charge in [-0.15, -0.1) is 0 Å². The predicted molar refractivity (Wildman–Crippen MR) is 111 cm³/mol. The molecule has 0 saturated carbocycles. The van der Waals surface area contributed by atoms with Crippen molar-refractivity contribution in [1.29, 1.82) is 0 Å². The number of benzene rings is 2. The Morgan fingerprint density at radius 1 is 1.00 bits per heavy atom. The maximum atomic E-state index is 12.3. The molecule has 2 heterocycles.